The molecule has 0 spiro atoms. The van der Waals surface area contributed by atoms with Crippen molar-refractivity contribution in [3.05, 3.63) is 89.0 Å². The predicted octanol–water partition coefficient (Wildman–Crippen LogP) is 3.78. The predicted molar refractivity (Wildman–Crippen MR) is 167 cm³/mol. The van der Waals surface area contributed by atoms with Crippen LogP contribution in [0.3, 0.4) is 0 Å². The lowest BCUT2D eigenvalue weighted by Gasteiger charge is -2.26. The molecule has 2 aromatic heterocycles. The van der Waals surface area contributed by atoms with Crippen molar-refractivity contribution in [1.82, 2.24) is 35.3 Å². The SMILES string of the molecule is COc1ccc2cc1OCCn1nc(-c3ccccc3)nc1[C@@H](C(C)C)NC(=O)CN(C(=O)c1cncc(Cl)c1)CCNC2=O. The second-order valence-electron chi connectivity index (χ2n) is 10.8. The molecule has 13 heteroatoms. The van der Waals surface area contributed by atoms with Gasteiger partial charge in [-0.05, 0) is 30.2 Å². The molecular formula is C32H34ClN7O5. The van der Waals surface area contributed by atoms with E-state index in [-0.39, 0.29) is 48.7 Å². The van der Waals surface area contributed by atoms with Gasteiger partial charge in [-0.1, -0.05) is 55.8 Å². The Morgan fingerprint density at radius 1 is 1.07 bits per heavy atom. The zero-order valence-electron chi connectivity index (χ0n) is 25.2. The highest BCUT2D eigenvalue weighted by Crippen LogP contribution is 2.29. The summed E-state index contributed by atoms with van der Waals surface area (Å²) in [7, 11) is 1.52. The van der Waals surface area contributed by atoms with Gasteiger partial charge in [0.1, 0.15) is 6.61 Å². The van der Waals surface area contributed by atoms with Crippen LogP contribution >= 0.6 is 11.6 Å². The summed E-state index contributed by atoms with van der Waals surface area (Å²) in [5.41, 5.74) is 1.39. The molecule has 0 saturated carbocycles. The number of aromatic nitrogens is 4. The fourth-order valence-corrected chi connectivity index (χ4v) is 5.10. The van der Waals surface area contributed by atoms with E-state index < -0.39 is 17.9 Å². The molecule has 4 aromatic rings. The second-order valence-corrected chi connectivity index (χ2v) is 11.2. The smallest absolute Gasteiger partial charge is 0.256 e. The van der Waals surface area contributed by atoms with E-state index in [0.717, 1.165) is 5.56 Å². The molecule has 0 unspecified atom stereocenters. The Labute approximate surface area is 265 Å². The van der Waals surface area contributed by atoms with Crippen molar-refractivity contribution in [2.45, 2.75) is 26.4 Å². The summed E-state index contributed by atoms with van der Waals surface area (Å²) in [6.07, 6.45) is 2.80. The lowest BCUT2D eigenvalue weighted by Crippen LogP contribution is -2.46. The molecule has 2 N–H and O–H groups in total. The number of amides is 3. The standard InChI is InChI=1S/C32H34ClN7O5/c1-20(2)28-30-37-29(21-7-5-4-6-8-21)38-40(30)13-14-45-26-16-22(9-10-25(26)44-3)31(42)35-11-12-39(19-27(41)36-28)32(43)23-15-24(33)18-34-17-23/h4-10,15-18,20,28H,11-14,19H2,1-3H3,(H,35,42)(H,36,41)/t28-/m1/s1. The molecule has 0 radical (unpaired) electrons. The Kier molecular flexibility index (Phi) is 9.93. The fourth-order valence-electron chi connectivity index (χ4n) is 4.92. The molecule has 3 amide bonds. The average molecular weight is 632 g/mol. The summed E-state index contributed by atoms with van der Waals surface area (Å²) in [6.45, 7) is 4.26. The first-order chi connectivity index (χ1) is 21.7. The Hall–Kier alpha value is -4.97. The third-order valence-electron chi connectivity index (χ3n) is 7.22. The van der Waals surface area contributed by atoms with Crippen LogP contribution in [0.25, 0.3) is 11.4 Å². The third-order valence-corrected chi connectivity index (χ3v) is 7.43. The van der Waals surface area contributed by atoms with Gasteiger partial charge in [0.15, 0.2) is 23.1 Å². The number of hydrogen-bond donors (Lipinski definition) is 2. The van der Waals surface area contributed by atoms with Crippen LogP contribution in [-0.4, -0.2) is 75.7 Å². The van der Waals surface area contributed by atoms with Gasteiger partial charge in [-0.3, -0.25) is 19.4 Å². The van der Waals surface area contributed by atoms with E-state index in [1.807, 2.05) is 44.2 Å². The number of benzene rings is 2. The number of carbonyl (C=O) groups is 3. The van der Waals surface area contributed by atoms with Crippen molar-refractivity contribution in [2.24, 2.45) is 5.92 Å². The van der Waals surface area contributed by atoms with Gasteiger partial charge in [-0.2, -0.15) is 5.10 Å². The van der Waals surface area contributed by atoms with E-state index in [4.69, 9.17) is 31.2 Å². The fraction of sp³-hybridized carbons (Fsp3) is 0.312. The van der Waals surface area contributed by atoms with Crippen LogP contribution in [0, 0.1) is 5.92 Å². The maximum absolute atomic E-state index is 13.6. The number of carbonyl (C=O) groups excluding carboxylic acids is 3. The van der Waals surface area contributed by atoms with Gasteiger partial charge >= 0.3 is 0 Å². The number of fused-ring (bicyclic) bond motifs is 3. The Morgan fingerprint density at radius 3 is 2.60 bits per heavy atom. The van der Waals surface area contributed by atoms with Crippen molar-refractivity contribution in [3.63, 3.8) is 0 Å². The number of rotatable bonds is 4. The zero-order chi connectivity index (χ0) is 31.9. The molecule has 2 aromatic carbocycles. The average Bonchev–Trinajstić information content (AvgIpc) is 3.46. The van der Waals surface area contributed by atoms with Gasteiger partial charge in [0, 0.05) is 36.6 Å². The first-order valence-corrected chi connectivity index (χ1v) is 14.9. The van der Waals surface area contributed by atoms with E-state index in [0.29, 0.717) is 35.3 Å². The van der Waals surface area contributed by atoms with Crippen LogP contribution in [0.4, 0.5) is 0 Å². The van der Waals surface area contributed by atoms with Crippen LogP contribution in [0.5, 0.6) is 11.5 Å². The molecule has 0 fully saturated rings. The van der Waals surface area contributed by atoms with Crippen LogP contribution in [0.15, 0.2) is 67.0 Å². The van der Waals surface area contributed by atoms with Gasteiger partial charge in [-0.15, -0.1) is 0 Å². The number of methoxy groups -OCH3 is 1. The molecule has 12 nitrogen and oxygen atoms in total. The van der Waals surface area contributed by atoms with Crippen LogP contribution < -0.4 is 20.1 Å². The molecule has 3 heterocycles. The van der Waals surface area contributed by atoms with Crippen molar-refractivity contribution < 1.29 is 23.9 Å². The van der Waals surface area contributed by atoms with Crippen molar-refractivity contribution >= 4 is 29.3 Å². The Bertz CT molecular complexity index is 1680. The Balaban J connectivity index is 1.53. The summed E-state index contributed by atoms with van der Waals surface area (Å²) in [4.78, 5) is 50.4. The number of pyridine rings is 1. The quantitative estimate of drug-likeness (QED) is 0.347. The topological polar surface area (TPSA) is 141 Å². The lowest BCUT2D eigenvalue weighted by molar-refractivity contribution is -0.123. The van der Waals surface area contributed by atoms with Crippen LogP contribution in [-0.2, 0) is 11.3 Å². The van der Waals surface area contributed by atoms with E-state index in [9.17, 15) is 14.4 Å². The highest BCUT2D eigenvalue weighted by Gasteiger charge is 2.28. The molecule has 45 heavy (non-hydrogen) atoms. The minimum atomic E-state index is -0.541. The number of nitrogens with zero attached hydrogens (tertiary/aromatic N) is 5. The first-order valence-electron chi connectivity index (χ1n) is 14.5. The first kappa shape index (κ1) is 31.5. The summed E-state index contributed by atoms with van der Waals surface area (Å²) in [6, 6.07) is 15.4. The maximum atomic E-state index is 13.6. The van der Waals surface area contributed by atoms with Gasteiger partial charge in [0.2, 0.25) is 5.91 Å². The monoisotopic (exact) mass is 631 g/mol. The third kappa shape index (κ3) is 7.58. The van der Waals surface area contributed by atoms with Crippen LogP contribution in [0.1, 0.15) is 46.4 Å². The normalized spacial score (nSPS) is 16.2. The largest absolute Gasteiger partial charge is 0.493 e. The zero-order valence-corrected chi connectivity index (χ0v) is 26.0. The van der Waals surface area contributed by atoms with Gasteiger partial charge in [-0.25, -0.2) is 9.67 Å². The molecule has 1 aliphatic heterocycles. The summed E-state index contributed by atoms with van der Waals surface area (Å²) >= 11 is 6.09. The van der Waals surface area contributed by atoms with Gasteiger partial charge in [0.05, 0.1) is 36.8 Å². The highest BCUT2D eigenvalue weighted by molar-refractivity contribution is 6.30. The molecule has 234 valence electrons. The molecule has 0 saturated heterocycles. The summed E-state index contributed by atoms with van der Waals surface area (Å²) in [5, 5.41) is 10.9. The van der Waals surface area contributed by atoms with Crippen LogP contribution in [0.2, 0.25) is 5.02 Å². The molecule has 1 atom stereocenters. The number of halogens is 1. The minimum Gasteiger partial charge on any atom is -0.493 e. The molecule has 1 aliphatic rings. The van der Waals surface area contributed by atoms with Crippen molar-refractivity contribution in [2.75, 3.05) is 33.4 Å². The van der Waals surface area contributed by atoms with Crippen molar-refractivity contribution in [3.8, 4) is 22.9 Å². The lowest BCUT2D eigenvalue weighted by atomic mass is 10.0. The number of ether oxygens (including phenoxy) is 2. The summed E-state index contributed by atoms with van der Waals surface area (Å²) in [5.74, 6) is 0.575. The van der Waals surface area contributed by atoms with E-state index in [1.54, 1.807) is 22.9 Å². The van der Waals surface area contributed by atoms with E-state index in [2.05, 4.69) is 15.6 Å². The second kappa shape index (κ2) is 14.2. The van der Waals surface area contributed by atoms with Crippen molar-refractivity contribution in [1.29, 1.82) is 0 Å². The van der Waals surface area contributed by atoms with E-state index >= 15 is 0 Å². The summed E-state index contributed by atoms with van der Waals surface area (Å²) < 4.78 is 13.3. The molecule has 5 rings (SSSR count). The number of nitrogens with one attached hydrogen (secondary N) is 2. The maximum Gasteiger partial charge on any atom is 0.256 e. The molecular weight excluding hydrogens is 598 g/mol. The van der Waals surface area contributed by atoms with Gasteiger partial charge in [0.25, 0.3) is 11.8 Å². The molecule has 0 aliphatic carbocycles. The van der Waals surface area contributed by atoms with Gasteiger partial charge < -0.3 is 25.0 Å². The van der Waals surface area contributed by atoms with E-state index in [1.165, 1.54) is 30.5 Å². The molecule has 2 bridgehead atoms. The number of hydrogen-bond acceptors (Lipinski definition) is 8. The highest BCUT2D eigenvalue weighted by atomic mass is 35.5. The Morgan fingerprint density at radius 2 is 1.87 bits per heavy atom. The minimum absolute atomic E-state index is 0.0463.